The van der Waals surface area contributed by atoms with E-state index in [1.807, 2.05) is 38.1 Å². The first-order valence-corrected chi connectivity index (χ1v) is 5.83. The summed E-state index contributed by atoms with van der Waals surface area (Å²) in [6, 6.07) is 7.42. The van der Waals surface area contributed by atoms with Crippen molar-refractivity contribution in [2.24, 2.45) is 5.92 Å². The van der Waals surface area contributed by atoms with Gasteiger partial charge < -0.3 is 14.7 Å². The van der Waals surface area contributed by atoms with Gasteiger partial charge in [-0.05, 0) is 18.1 Å². The number of ether oxygens (including phenoxy) is 1. The molecular formula is C13H17NO3. The number of amides is 1. The zero-order valence-electron chi connectivity index (χ0n) is 10.1. The van der Waals surface area contributed by atoms with Crippen LogP contribution in [0.2, 0.25) is 0 Å². The van der Waals surface area contributed by atoms with Gasteiger partial charge in [-0.25, -0.2) is 0 Å². The van der Waals surface area contributed by atoms with E-state index in [1.165, 1.54) is 0 Å². The van der Waals surface area contributed by atoms with Gasteiger partial charge in [-0.15, -0.1) is 0 Å². The van der Waals surface area contributed by atoms with Crippen LogP contribution in [0.1, 0.15) is 13.8 Å². The molecule has 1 amide bonds. The number of carbonyl (C=O) groups excluding carboxylic acids is 1. The molecule has 0 saturated carbocycles. The van der Waals surface area contributed by atoms with Crippen molar-refractivity contribution in [1.82, 2.24) is 0 Å². The number of carbonyl (C=O) groups is 1. The highest BCUT2D eigenvalue weighted by Crippen LogP contribution is 2.34. The van der Waals surface area contributed by atoms with E-state index in [0.717, 1.165) is 5.69 Å². The van der Waals surface area contributed by atoms with Crippen molar-refractivity contribution in [3.8, 4) is 5.75 Å². The minimum Gasteiger partial charge on any atom is -0.478 e. The zero-order chi connectivity index (χ0) is 12.4. The fourth-order valence-corrected chi connectivity index (χ4v) is 1.99. The molecule has 2 rings (SSSR count). The number of hydrogen-bond donors (Lipinski definition) is 1. The molecule has 0 spiro atoms. The van der Waals surface area contributed by atoms with Crippen LogP contribution >= 0.6 is 0 Å². The van der Waals surface area contributed by atoms with E-state index in [0.29, 0.717) is 12.3 Å². The quantitative estimate of drug-likeness (QED) is 0.862. The van der Waals surface area contributed by atoms with Gasteiger partial charge in [0.05, 0.1) is 12.3 Å². The van der Waals surface area contributed by atoms with Crippen LogP contribution in [0.3, 0.4) is 0 Å². The van der Waals surface area contributed by atoms with E-state index in [2.05, 4.69) is 0 Å². The Morgan fingerprint density at radius 2 is 2.12 bits per heavy atom. The number of anilines is 1. The Morgan fingerprint density at radius 3 is 2.76 bits per heavy atom. The zero-order valence-corrected chi connectivity index (χ0v) is 10.1. The minimum absolute atomic E-state index is 0.0507. The third-order valence-electron chi connectivity index (χ3n) is 2.85. The Balaban J connectivity index is 2.39. The number of rotatable bonds is 3. The summed E-state index contributed by atoms with van der Waals surface area (Å²) in [5.74, 6) is 0.740. The highest BCUT2D eigenvalue weighted by atomic mass is 16.5. The van der Waals surface area contributed by atoms with Gasteiger partial charge in [-0.2, -0.15) is 0 Å². The molecule has 17 heavy (non-hydrogen) atoms. The third kappa shape index (κ3) is 2.13. The second-order valence-electron chi connectivity index (χ2n) is 4.46. The van der Waals surface area contributed by atoms with Crippen molar-refractivity contribution in [2.75, 3.05) is 18.1 Å². The average Bonchev–Trinajstić information content (AvgIpc) is 2.32. The van der Waals surface area contributed by atoms with E-state index in [1.54, 1.807) is 4.90 Å². The predicted molar refractivity (Wildman–Crippen MR) is 65.1 cm³/mol. The van der Waals surface area contributed by atoms with E-state index in [-0.39, 0.29) is 18.4 Å². The largest absolute Gasteiger partial charge is 0.478 e. The van der Waals surface area contributed by atoms with Gasteiger partial charge >= 0.3 is 0 Å². The predicted octanol–water partition coefficient (Wildman–Crippen LogP) is 1.43. The molecule has 1 aromatic carbocycles. The Hall–Kier alpha value is -1.55. The second kappa shape index (κ2) is 4.75. The lowest BCUT2D eigenvalue weighted by atomic mass is 10.0. The molecule has 0 aliphatic carbocycles. The highest BCUT2D eigenvalue weighted by Gasteiger charge is 2.35. The van der Waals surface area contributed by atoms with Crippen molar-refractivity contribution in [3.05, 3.63) is 24.3 Å². The molecule has 0 saturated heterocycles. The van der Waals surface area contributed by atoms with E-state index in [9.17, 15) is 4.79 Å². The first-order valence-electron chi connectivity index (χ1n) is 5.83. The Kier molecular flexibility index (Phi) is 3.33. The van der Waals surface area contributed by atoms with Gasteiger partial charge in [-0.3, -0.25) is 4.79 Å². The fourth-order valence-electron chi connectivity index (χ4n) is 1.99. The first kappa shape index (κ1) is 11.9. The van der Waals surface area contributed by atoms with Crippen LogP contribution < -0.4 is 9.64 Å². The lowest BCUT2D eigenvalue weighted by molar-refractivity contribution is -0.128. The monoisotopic (exact) mass is 235 g/mol. The number of benzene rings is 1. The Morgan fingerprint density at radius 1 is 1.41 bits per heavy atom. The summed E-state index contributed by atoms with van der Waals surface area (Å²) in [6.45, 7) is 4.16. The van der Waals surface area contributed by atoms with Crippen molar-refractivity contribution in [1.29, 1.82) is 0 Å². The molecule has 1 heterocycles. The molecule has 1 aliphatic rings. The Bertz CT molecular complexity index is 417. The summed E-state index contributed by atoms with van der Waals surface area (Å²) in [6.07, 6.45) is -0.462. The lowest BCUT2D eigenvalue weighted by Gasteiger charge is -2.35. The molecule has 1 aliphatic heterocycles. The van der Waals surface area contributed by atoms with Crippen LogP contribution in [0.5, 0.6) is 5.75 Å². The van der Waals surface area contributed by atoms with E-state index in [4.69, 9.17) is 9.84 Å². The summed E-state index contributed by atoms with van der Waals surface area (Å²) in [5.41, 5.74) is 0.739. The standard InChI is InChI=1S/C13H17NO3/c1-9(2)12-13(16)14(7-8-15)10-5-3-4-6-11(10)17-12/h3-6,9,12,15H,7-8H2,1-2H3. The fraction of sp³-hybridized carbons (Fsp3) is 0.462. The molecular weight excluding hydrogens is 218 g/mol. The molecule has 1 aromatic rings. The maximum absolute atomic E-state index is 12.2. The molecule has 4 nitrogen and oxygen atoms in total. The van der Waals surface area contributed by atoms with Crippen molar-refractivity contribution < 1.29 is 14.6 Å². The number of aliphatic hydroxyl groups is 1. The summed E-state index contributed by atoms with van der Waals surface area (Å²) in [4.78, 5) is 13.8. The third-order valence-corrected chi connectivity index (χ3v) is 2.85. The lowest BCUT2D eigenvalue weighted by Crippen LogP contribution is -2.49. The maximum Gasteiger partial charge on any atom is 0.268 e. The topological polar surface area (TPSA) is 49.8 Å². The highest BCUT2D eigenvalue weighted by molar-refractivity contribution is 6.00. The number of fused-ring (bicyclic) bond motifs is 1. The van der Waals surface area contributed by atoms with Crippen LogP contribution in [0.25, 0.3) is 0 Å². The molecule has 0 fully saturated rings. The average molecular weight is 235 g/mol. The van der Waals surface area contributed by atoms with Crippen molar-refractivity contribution >= 4 is 11.6 Å². The minimum atomic E-state index is -0.462. The van der Waals surface area contributed by atoms with Crippen LogP contribution in [0, 0.1) is 5.92 Å². The van der Waals surface area contributed by atoms with Gasteiger partial charge in [0, 0.05) is 6.54 Å². The maximum atomic E-state index is 12.2. The number of para-hydroxylation sites is 2. The van der Waals surface area contributed by atoms with E-state index < -0.39 is 6.10 Å². The van der Waals surface area contributed by atoms with Crippen molar-refractivity contribution in [3.63, 3.8) is 0 Å². The molecule has 0 aromatic heterocycles. The summed E-state index contributed by atoms with van der Waals surface area (Å²) in [7, 11) is 0. The summed E-state index contributed by atoms with van der Waals surface area (Å²) >= 11 is 0. The summed E-state index contributed by atoms with van der Waals surface area (Å²) < 4.78 is 5.71. The number of β-amino-alcohol motifs (C(OH)–C–C–N with tert-alkyl or cyclic N) is 1. The molecule has 1 atom stereocenters. The van der Waals surface area contributed by atoms with Crippen molar-refractivity contribution in [2.45, 2.75) is 20.0 Å². The molecule has 4 heteroatoms. The molecule has 1 N–H and O–H groups in total. The first-order chi connectivity index (χ1) is 8.15. The van der Waals surface area contributed by atoms with Gasteiger partial charge in [0.15, 0.2) is 6.10 Å². The number of hydrogen-bond acceptors (Lipinski definition) is 3. The molecule has 0 bridgehead atoms. The normalized spacial score (nSPS) is 19.2. The van der Waals surface area contributed by atoms with Gasteiger partial charge in [-0.1, -0.05) is 26.0 Å². The Labute approximate surface area is 101 Å². The molecule has 92 valence electrons. The van der Waals surface area contributed by atoms with Gasteiger partial charge in [0.25, 0.3) is 5.91 Å². The SMILES string of the molecule is CC(C)C1Oc2ccccc2N(CCO)C1=O. The smallest absolute Gasteiger partial charge is 0.268 e. The number of nitrogens with zero attached hydrogens (tertiary/aromatic N) is 1. The van der Waals surface area contributed by atoms with Gasteiger partial charge in [0.1, 0.15) is 5.75 Å². The van der Waals surface area contributed by atoms with Gasteiger partial charge in [0.2, 0.25) is 0 Å². The molecule has 0 radical (unpaired) electrons. The summed E-state index contributed by atoms with van der Waals surface area (Å²) in [5, 5.41) is 9.05. The van der Waals surface area contributed by atoms with Crippen LogP contribution in [-0.2, 0) is 4.79 Å². The van der Waals surface area contributed by atoms with Crippen LogP contribution in [0.4, 0.5) is 5.69 Å². The molecule has 1 unspecified atom stereocenters. The second-order valence-corrected chi connectivity index (χ2v) is 4.46. The number of aliphatic hydroxyl groups excluding tert-OH is 1. The van der Waals surface area contributed by atoms with Crippen LogP contribution in [0.15, 0.2) is 24.3 Å². The van der Waals surface area contributed by atoms with Crippen LogP contribution in [-0.4, -0.2) is 30.3 Å². The van der Waals surface area contributed by atoms with E-state index >= 15 is 0 Å².